The number of aliphatic imine (C=N–C) groups is 2. The maximum absolute atomic E-state index is 12.6. The van der Waals surface area contributed by atoms with E-state index in [1.54, 1.807) is 6.92 Å². The van der Waals surface area contributed by atoms with Crippen LogP contribution in [0.3, 0.4) is 0 Å². The van der Waals surface area contributed by atoms with Crippen molar-refractivity contribution in [1.29, 1.82) is 0 Å². The highest BCUT2D eigenvalue weighted by Crippen LogP contribution is 2.04. The third-order valence-corrected chi connectivity index (χ3v) is 1.19. The van der Waals surface area contributed by atoms with Gasteiger partial charge < -0.3 is 0 Å². The van der Waals surface area contributed by atoms with E-state index in [1.165, 1.54) is 6.92 Å². The summed E-state index contributed by atoms with van der Waals surface area (Å²) in [7, 11) is 0. The Balaban J connectivity index is 2.95. The molecule has 0 bridgehead atoms. The van der Waals surface area contributed by atoms with Crippen LogP contribution in [0.1, 0.15) is 13.8 Å². The van der Waals surface area contributed by atoms with Crippen molar-refractivity contribution in [2.75, 3.05) is 0 Å². The number of alkyl halides is 1. The molecular formula is C6H7FN2O. The molecule has 0 saturated heterocycles. The van der Waals surface area contributed by atoms with Crippen LogP contribution in [-0.4, -0.2) is 23.6 Å². The van der Waals surface area contributed by atoms with Gasteiger partial charge >= 0.3 is 0 Å². The lowest BCUT2D eigenvalue weighted by atomic mass is 10.2. The number of hydrogen-bond acceptors (Lipinski definition) is 2. The highest BCUT2D eigenvalue weighted by atomic mass is 19.1. The molecule has 1 aliphatic heterocycles. The Hall–Kier alpha value is -1.06. The molecule has 1 aliphatic rings. The molecule has 0 fully saturated rings. The van der Waals surface area contributed by atoms with Gasteiger partial charge in [-0.15, -0.1) is 0 Å². The van der Waals surface area contributed by atoms with Crippen LogP contribution in [-0.2, 0) is 4.79 Å². The van der Waals surface area contributed by atoms with E-state index in [2.05, 4.69) is 9.98 Å². The maximum atomic E-state index is 12.6. The highest BCUT2D eigenvalue weighted by molar-refractivity contribution is 6.16. The lowest BCUT2D eigenvalue weighted by molar-refractivity contribution is -0.120. The zero-order chi connectivity index (χ0) is 7.72. The van der Waals surface area contributed by atoms with E-state index in [0.717, 1.165) is 0 Å². The molecule has 1 atom stereocenters. The molecule has 0 aliphatic carbocycles. The zero-order valence-corrected chi connectivity index (χ0v) is 5.76. The van der Waals surface area contributed by atoms with E-state index in [9.17, 15) is 9.18 Å². The molecule has 3 nitrogen and oxygen atoms in total. The summed E-state index contributed by atoms with van der Waals surface area (Å²) >= 11 is 0. The number of halogens is 1. The average Bonchev–Trinajstić information content (AvgIpc) is 1.82. The van der Waals surface area contributed by atoms with Gasteiger partial charge in [-0.25, -0.2) is 9.38 Å². The van der Waals surface area contributed by atoms with Gasteiger partial charge in [0, 0.05) is 0 Å². The molecule has 1 heterocycles. The van der Waals surface area contributed by atoms with Crippen molar-refractivity contribution < 1.29 is 9.18 Å². The van der Waals surface area contributed by atoms with Gasteiger partial charge in [0.05, 0.1) is 5.71 Å². The third-order valence-electron chi connectivity index (χ3n) is 1.19. The van der Waals surface area contributed by atoms with E-state index in [4.69, 9.17) is 0 Å². The maximum Gasteiger partial charge on any atom is 0.287 e. The van der Waals surface area contributed by atoms with Crippen LogP contribution in [0.4, 0.5) is 4.39 Å². The number of amides is 1. The van der Waals surface area contributed by atoms with Crippen molar-refractivity contribution in [3.63, 3.8) is 0 Å². The number of carbonyl (C=O) groups is 1. The summed E-state index contributed by atoms with van der Waals surface area (Å²) in [6.07, 6.45) is -1.62. The Morgan fingerprint density at radius 2 is 2.00 bits per heavy atom. The lowest BCUT2D eigenvalue weighted by Crippen LogP contribution is -2.27. The van der Waals surface area contributed by atoms with Gasteiger partial charge in [-0.3, -0.25) is 4.79 Å². The smallest absolute Gasteiger partial charge is 0.269 e. The number of nitrogens with zero attached hydrogens (tertiary/aromatic N) is 2. The first-order valence-electron chi connectivity index (χ1n) is 2.89. The van der Waals surface area contributed by atoms with E-state index in [1.807, 2.05) is 0 Å². The van der Waals surface area contributed by atoms with Crippen molar-refractivity contribution >= 4 is 17.5 Å². The van der Waals surface area contributed by atoms with Crippen molar-refractivity contribution in [1.82, 2.24) is 0 Å². The number of rotatable bonds is 0. The predicted octanol–water partition coefficient (Wildman–Crippen LogP) is 0.744. The topological polar surface area (TPSA) is 41.8 Å². The molecule has 0 spiro atoms. The molecule has 10 heavy (non-hydrogen) atoms. The Bertz CT molecular complexity index is 232. The van der Waals surface area contributed by atoms with Gasteiger partial charge in [0.2, 0.25) is 6.17 Å². The first kappa shape index (κ1) is 7.05. The van der Waals surface area contributed by atoms with Crippen LogP contribution in [0, 0.1) is 0 Å². The Kier molecular flexibility index (Phi) is 1.61. The van der Waals surface area contributed by atoms with Crippen LogP contribution in [0.2, 0.25) is 0 Å². The number of hydrogen-bond donors (Lipinski definition) is 0. The van der Waals surface area contributed by atoms with Crippen molar-refractivity contribution in [2.45, 2.75) is 20.0 Å². The largest absolute Gasteiger partial charge is 0.287 e. The van der Waals surface area contributed by atoms with E-state index >= 15 is 0 Å². The second-order valence-corrected chi connectivity index (χ2v) is 2.11. The fourth-order valence-electron chi connectivity index (χ4n) is 0.732. The summed E-state index contributed by atoms with van der Waals surface area (Å²) in [5, 5.41) is 0. The fraction of sp³-hybridized carbons (Fsp3) is 0.500. The van der Waals surface area contributed by atoms with Gasteiger partial charge in [-0.05, 0) is 13.8 Å². The summed E-state index contributed by atoms with van der Waals surface area (Å²) in [5.74, 6) is -0.415. The Labute approximate surface area is 57.7 Å². The summed E-state index contributed by atoms with van der Waals surface area (Å²) in [5.41, 5.74) is 0.192. The molecule has 4 heteroatoms. The molecule has 1 rings (SSSR count). The molecular weight excluding hydrogens is 135 g/mol. The normalized spacial score (nSPS) is 25.9. The quantitative estimate of drug-likeness (QED) is 0.492. The second-order valence-electron chi connectivity index (χ2n) is 2.11. The van der Waals surface area contributed by atoms with Gasteiger partial charge in [0.25, 0.3) is 5.91 Å². The number of carbonyl (C=O) groups excluding carboxylic acids is 1. The van der Waals surface area contributed by atoms with E-state index in [-0.39, 0.29) is 5.71 Å². The molecule has 54 valence electrons. The van der Waals surface area contributed by atoms with Crippen molar-refractivity contribution in [2.24, 2.45) is 9.98 Å². The predicted molar refractivity (Wildman–Crippen MR) is 36.1 cm³/mol. The second kappa shape index (κ2) is 2.28. The molecule has 0 aromatic carbocycles. The van der Waals surface area contributed by atoms with Crippen LogP contribution in [0.15, 0.2) is 9.98 Å². The zero-order valence-electron chi connectivity index (χ0n) is 5.76. The highest BCUT2D eigenvalue weighted by Gasteiger charge is 2.23. The van der Waals surface area contributed by atoms with E-state index in [0.29, 0.717) is 5.84 Å². The van der Waals surface area contributed by atoms with Crippen LogP contribution < -0.4 is 0 Å². The SMILES string of the molecule is CC1=NC(=O)C(F)C(C)=N1. The summed E-state index contributed by atoms with van der Waals surface area (Å²) in [6, 6.07) is 0. The third kappa shape index (κ3) is 1.10. The molecule has 0 aromatic heterocycles. The Morgan fingerprint density at radius 3 is 2.50 bits per heavy atom. The van der Waals surface area contributed by atoms with Gasteiger partial charge in [0.15, 0.2) is 0 Å². The van der Waals surface area contributed by atoms with Gasteiger partial charge in [-0.1, -0.05) is 0 Å². The first-order valence-corrected chi connectivity index (χ1v) is 2.89. The van der Waals surface area contributed by atoms with Crippen LogP contribution in [0.5, 0.6) is 0 Å². The first-order chi connectivity index (χ1) is 4.61. The van der Waals surface area contributed by atoms with Gasteiger partial charge in [-0.2, -0.15) is 4.99 Å². The molecule has 0 N–H and O–H groups in total. The molecule has 0 saturated carbocycles. The van der Waals surface area contributed by atoms with Crippen LogP contribution in [0.25, 0.3) is 0 Å². The van der Waals surface area contributed by atoms with Gasteiger partial charge in [0.1, 0.15) is 5.84 Å². The molecule has 0 aromatic rings. The molecule has 1 unspecified atom stereocenters. The molecule has 1 amide bonds. The number of amidine groups is 1. The monoisotopic (exact) mass is 142 g/mol. The minimum absolute atomic E-state index is 0.192. The average molecular weight is 142 g/mol. The summed E-state index contributed by atoms with van der Waals surface area (Å²) in [4.78, 5) is 17.6. The van der Waals surface area contributed by atoms with E-state index < -0.39 is 12.1 Å². The van der Waals surface area contributed by atoms with Crippen molar-refractivity contribution in [3.05, 3.63) is 0 Å². The lowest BCUT2D eigenvalue weighted by Gasteiger charge is -2.07. The molecule has 0 radical (unpaired) electrons. The van der Waals surface area contributed by atoms with Crippen LogP contribution >= 0.6 is 0 Å². The fourth-order valence-corrected chi connectivity index (χ4v) is 0.732. The minimum Gasteiger partial charge on any atom is -0.269 e. The standard InChI is InChI=1S/C6H7FN2O/c1-3-5(7)6(10)9-4(2)8-3/h5H,1-2H3. The van der Waals surface area contributed by atoms with Crippen molar-refractivity contribution in [3.8, 4) is 0 Å². The Morgan fingerprint density at radius 1 is 1.40 bits per heavy atom. The summed E-state index contributed by atoms with van der Waals surface area (Å²) < 4.78 is 12.6. The summed E-state index contributed by atoms with van der Waals surface area (Å²) in [6.45, 7) is 3.04. The minimum atomic E-state index is -1.62.